The molecule has 2 aliphatic heterocycles. The van der Waals surface area contributed by atoms with Crippen LogP contribution in [0.15, 0.2) is 66.7 Å². The molecule has 2 atom stereocenters. The number of hydrogen-bond donors (Lipinski definition) is 3. The number of morpholine rings is 1. The van der Waals surface area contributed by atoms with E-state index in [4.69, 9.17) is 4.74 Å². The number of fused-ring (bicyclic) bond motifs is 1. The van der Waals surface area contributed by atoms with E-state index in [2.05, 4.69) is 41.5 Å². The molecule has 0 saturated carbocycles. The lowest BCUT2D eigenvalue weighted by molar-refractivity contribution is -0.141. The monoisotopic (exact) mass is 584 g/mol. The largest absolute Gasteiger partial charge is 0.378 e. The normalized spacial score (nSPS) is 16.3. The average molecular weight is 585 g/mol. The molecule has 0 spiro atoms. The minimum atomic E-state index is -1.18. The zero-order valence-corrected chi connectivity index (χ0v) is 25.4. The molecular weight excluding hydrogens is 540 g/mol. The highest BCUT2D eigenvalue weighted by Crippen LogP contribution is 2.36. The van der Waals surface area contributed by atoms with Gasteiger partial charge in [-0.3, -0.25) is 4.79 Å². The van der Waals surface area contributed by atoms with E-state index in [1.54, 1.807) is 17.0 Å². The number of rotatable bonds is 10. The highest BCUT2D eigenvalue weighted by atomic mass is 16.5. The van der Waals surface area contributed by atoms with Crippen LogP contribution in [0.2, 0.25) is 0 Å². The van der Waals surface area contributed by atoms with Gasteiger partial charge in [-0.2, -0.15) is 0 Å². The number of ether oxygens (including phenoxy) is 1. The molecule has 2 heterocycles. The van der Waals surface area contributed by atoms with Gasteiger partial charge in [-0.15, -0.1) is 0 Å². The molecule has 0 aliphatic carbocycles. The van der Waals surface area contributed by atoms with E-state index in [-0.39, 0.29) is 11.9 Å². The Morgan fingerprint density at radius 2 is 1.72 bits per heavy atom. The SMILES string of the molecule is CCC(C)CCCNC(=O)Nc1ccc(-c2cc3c(c(N4CCOCC4)c2)CCN(C(=O)C(O)c2ccccc2)C3)cc1. The third kappa shape index (κ3) is 7.75. The molecule has 8 nitrogen and oxygen atoms in total. The number of urea groups is 1. The Balaban J connectivity index is 1.32. The van der Waals surface area contributed by atoms with Crippen molar-refractivity contribution < 1.29 is 19.4 Å². The number of carbonyl (C=O) groups is 2. The van der Waals surface area contributed by atoms with Gasteiger partial charge >= 0.3 is 6.03 Å². The van der Waals surface area contributed by atoms with Gasteiger partial charge in [-0.25, -0.2) is 4.79 Å². The maximum Gasteiger partial charge on any atom is 0.319 e. The van der Waals surface area contributed by atoms with Crippen molar-refractivity contribution in [2.24, 2.45) is 5.92 Å². The van der Waals surface area contributed by atoms with E-state index >= 15 is 0 Å². The second kappa shape index (κ2) is 14.5. The Kier molecular flexibility index (Phi) is 10.3. The fraction of sp³-hybridized carbons (Fsp3) is 0.429. The number of nitrogens with zero attached hydrogens (tertiary/aromatic N) is 2. The molecule has 0 aromatic heterocycles. The molecule has 43 heavy (non-hydrogen) atoms. The van der Waals surface area contributed by atoms with Crippen molar-refractivity contribution in [1.29, 1.82) is 0 Å². The van der Waals surface area contributed by atoms with Gasteiger partial charge in [-0.1, -0.05) is 62.7 Å². The average Bonchev–Trinajstić information content (AvgIpc) is 3.06. The maximum atomic E-state index is 13.3. The van der Waals surface area contributed by atoms with Crippen LogP contribution < -0.4 is 15.5 Å². The quantitative estimate of drug-likeness (QED) is 0.264. The zero-order chi connectivity index (χ0) is 30.2. The lowest BCUT2D eigenvalue weighted by Gasteiger charge is -2.36. The first kappa shape index (κ1) is 30.6. The molecule has 2 aliphatic rings. The van der Waals surface area contributed by atoms with Crippen molar-refractivity contribution in [3.8, 4) is 11.1 Å². The molecule has 1 saturated heterocycles. The van der Waals surface area contributed by atoms with Crippen LogP contribution in [0.3, 0.4) is 0 Å². The van der Waals surface area contributed by atoms with E-state index in [9.17, 15) is 14.7 Å². The third-order valence-electron chi connectivity index (χ3n) is 8.66. The molecule has 228 valence electrons. The predicted molar refractivity (Wildman–Crippen MR) is 171 cm³/mol. The van der Waals surface area contributed by atoms with Gasteiger partial charge in [0.1, 0.15) is 0 Å². The van der Waals surface area contributed by atoms with E-state index in [1.807, 2.05) is 42.5 Å². The summed E-state index contributed by atoms with van der Waals surface area (Å²) in [5.41, 5.74) is 6.97. The van der Waals surface area contributed by atoms with Crippen LogP contribution in [-0.4, -0.2) is 61.3 Å². The number of carbonyl (C=O) groups excluding carboxylic acids is 2. The lowest BCUT2D eigenvalue weighted by atomic mass is 9.91. The topological polar surface area (TPSA) is 94.1 Å². The van der Waals surface area contributed by atoms with Gasteiger partial charge in [0.25, 0.3) is 5.91 Å². The number of amides is 3. The Labute approximate surface area is 255 Å². The van der Waals surface area contributed by atoms with Crippen LogP contribution in [-0.2, 0) is 22.5 Å². The molecule has 3 N–H and O–H groups in total. The van der Waals surface area contributed by atoms with Crippen molar-refractivity contribution in [3.63, 3.8) is 0 Å². The van der Waals surface area contributed by atoms with E-state index in [0.29, 0.717) is 44.3 Å². The van der Waals surface area contributed by atoms with Gasteiger partial charge < -0.3 is 30.3 Å². The Morgan fingerprint density at radius 3 is 2.44 bits per heavy atom. The second-order valence-electron chi connectivity index (χ2n) is 11.7. The van der Waals surface area contributed by atoms with Crippen LogP contribution in [0.1, 0.15) is 55.9 Å². The number of hydrogen-bond acceptors (Lipinski definition) is 5. The first-order valence-corrected chi connectivity index (χ1v) is 15.6. The van der Waals surface area contributed by atoms with Gasteiger partial charge in [0.15, 0.2) is 6.10 Å². The van der Waals surface area contributed by atoms with Crippen molar-refractivity contribution in [2.45, 2.75) is 52.2 Å². The first-order chi connectivity index (χ1) is 20.9. The summed E-state index contributed by atoms with van der Waals surface area (Å²) in [6, 6.07) is 21.2. The summed E-state index contributed by atoms with van der Waals surface area (Å²) in [6.07, 6.45) is 2.79. The van der Waals surface area contributed by atoms with Crippen LogP contribution in [0, 0.1) is 5.92 Å². The molecule has 3 aromatic rings. The highest BCUT2D eigenvalue weighted by molar-refractivity contribution is 5.89. The van der Waals surface area contributed by atoms with Gasteiger partial charge in [0, 0.05) is 44.1 Å². The Bertz CT molecular complexity index is 1370. The van der Waals surface area contributed by atoms with Crippen molar-refractivity contribution in [1.82, 2.24) is 10.2 Å². The molecule has 8 heteroatoms. The second-order valence-corrected chi connectivity index (χ2v) is 11.7. The van der Waals surface area contributed by atoms with E-state index < -0.39 is 6.10 Å². The summed E-state index contributed by atoms with van der Waals surface area (Å²) in [6.45, 7) is 9.11. The number of anilines is 2. The molecular formula is C35H44N4O4. The molecule has 3 aromatic carbocycles. The Hall–Kier alpha value is -3.88. The van der Waals surface area contributed by atoms with Crippen molar-refractivity contribution >= 4 is 23.3 Å². The minimum absolute atomic E-state index is 0.192. The molecule has 0 radical (unpaired) electrons. The summed E-state index contributed by atoms with van der Waals surface area (Å²) in [5.74, 6) is 0.401. The maximum absolute atomic E-state index is 13.3. The predicted octanol–water partition coefficient (Wildman–Crippen LogP) is 5.76. The highest BCUT2D eigenvalue weighted by Gasteiger charge is 2.29. The number of aliphatic hydroxyl groups is 1. The Morgan fingerprint density at radius 1 is 0.977 bits per heavy atom. The number of aliphatic hydroxyl groups excluding tert-OH is 1. The molecule has 2 unspecified atom stereocenters. The van der Waals surface area contributed by atoms with Crippen molar-refractivity contribution in [3.05, 3.63) is 83.4 Å². The number of nitrogens with one attached hydrogen (secondary N) is 2. The van der Waals surface area contributed by atoms with Crippen molar-refractivity contribution in [2.75, 3.05) is 49.6 Å². The summed E-state index contributed by atoms with van der Waals surface area (Å²) >= 11 is 0. The lowest BCUT2D eigenvalue weighted by Crippen LogP contribution is -2.41. The summed E-state index contributed by atoms with van der Waals surface area (Å²) in [5, 5.41) is 16.7. The summed E-state index contributed by atoms with van der Waals surface area (Å²) in [7, 11) is 0. The van der Waals surface area contributed by atoms with Gasteiger partial charge in [0.05, 0.1) is 13.2 Å². The third-order valence-corrected chi connectivity index (χ3v) is 8.66. The van der Waals surface area contributed by atoms with Gasteiger partial charge in [-0.05, 0) is 77.3 Å². The molecule has 0 bridgehead atoms. The smallest absolute Gasteiger partial charge is 0.319 e. The minimum Gasteiger partial charge on any atom is -0.378 e. The van der Waals surface area contributed by atoms with Crippen LogP contribution in [0.25, 0.3) is 11.1 Å². The summed E-state index contributed by atoms with van der Waals surface area (Å²) in [4.78, 5) is 29.9. The van der Waals surface area contributed by atoms with E-state index in [1.165, 1.54) is 11.3 Å². The fourth-order valence-corrected chi connectivity index (χ4v) is 5.85. The molecule has 3 amide bonds. The fourth-order valence-electron chi connectivity index (χ4n) is 5.85. The first-order valence-electron chi connectivity index (χ1n) is 15.6. The zero-order valence-electron chi connectivity index (χ0n) is 25.4. The van der Waals surface area contributed by atoms with Crippen LogP contribution >= 0.6 is 0 Å². The molecule has 5 rings (SSSR count). The van der Waals surface area contributed by atoms with Crippen LogP contribution in [0.5, 0.6) is 0 Å². The van der Waals surface area contributed by atoms with E-state index in [0.717, 1.165) is 61.2 Å². The van der Waals surface area contributed by atoms with Gasteiger partial charge in [0.2, 0.25) is 0 Å². The summed E-state index contributed by atoms with van der Waals surface area (Å²) < 4.78 is 5.63. The number of benzene rings is 3. The van der Waals surface area contributed by atoms with Crippen LogP contribution in [0.4, 0.5) is 16.2 Å². The molecule has 1 fully saturated rings. The standard InChI is InChI=1S/C35H44N4O4/c1-3-25(2)8-7-16-36-35(42)37-30-13-11-26(12-14-30)28-22-29-24-39(34(41)33(40)27-9-5-4-6-10-27)17-15-31(29)32(23-28)38-18-20-43-21-19-38/h4-6,9-14,22-23,25,33,40H,3,7-8,15-21,24H2,1-2H3,(H2,36,37,42).